The van der Waals surface area contributed by atoms with Crippen LogP contribution in [0.3, 0.4) is 0 Å². The number of benzene rings is 1. The molecule has 1 amide bonds. The van der Waals surface area contributed by atoms with Crippen LogP contribution in [0.15, 0.2) is 29.3 Å². The summed E-state index contributed by atoms with van der Waals surface area (Å²) in [5.41, 5.74) is 0.672. The lowest BCUT2D eigenvalue weighted by Crippen LogP contribution is -2.47. The lowest BCUT2D eigenvalue weighted by Gasteiger charge is -2.35. The Morgan fingerprint density at radius 3 is 2.75 bits per heavy atom. The van der Waals surface area contributed by atoms with Crippen molar-refractivity contribution in [2.45, 2.75) is 45.1 Å². The molecule has 0 aromatic heterocycles. The van der Waals surface area contributed by atoms with E-state index in [4.69, 9.17) is 0 Å². The molecular weight excluding hydrogens is 357 g/mol. The zero-order valence-corrected chi connectivity index (χ0v) is 17.1. The summed E-state index contributed by atoms with van der Waals surface area (Å²) >= 11 is 0. The molecule has 1 aliphatic rings. The maximum atomic E-state index is 13.1. The van der Waals surface area contributed by atoms with Gasteiger partial charge in [-0.15, -0.1) is 0 Å². The van der Waals surface area contributed by atoms with Crippen molar-refractivity contribution in [1.82, 2.24) is 20.9 Å². The van der Waals surface area contributed by atoms with Crippen LogP contribution in [0.5, 0.6) is 0 Å². The lowest BCUT2D eigenvalue weighted by molar-refractivity contribution is -0.120. The number of likely N-dealkylation sites (tertiary alicyclic amines) is 1. The van der Waals surface area contributed by atoms with Crippen LogP contribution in [0.1, 0.15) is 38.2 Å². The van der Waals surface area contributed by atoms with Crippen LogP contribution in [0, 0.1) is 5.82 Å². The maximum absolute atomic E-state index is 13.1. The van der Waals surface area contributed by atoms with Gasteiger partial charge in [-0.05, 0) is 43.5 Å². The minimum atomic E-state index is -0.323. The van der Waals surface area contributed by atoms with E-state index < -0.39 is 0 Å². The topological polar surface area (TPSA) is 68.8 Å². The third-order valence-electron chi connectivity index (χ3n) is 5.13. The van der Waals surface area contributed by atoms with Crippen LogP contribution >= 0.6 is 0 Å². The highest BCUT2D eigenvalue weighted by molar-refractivity contribution is 5.80. The van der Waals surface area contributed by atoms with E-state index >= 15 is 0 Å². The van der Waals surface area contributed by atoms with Gasteiger partial charge in [-0.1, -0.05) is 25.5 Å². The molecule has 1 atom stereocenters. The smallest absolute Gasteiger partial charge is 0.224 e. The van der Waals surface area contributed by atoms with Gasteiger partial charge in [0.15, 0.2) is 5.96 Å². The molecule has 1 heterocycles. The van der Waals surface area contributed by atoms with Gasteiger partial charge in [-0.3, -0.25) is 14.7 Å². The number of amides is 1. The van der Waals surface area contributed by atoms with Gasteiger partial charge in [0.05, 0.1) is 6.42 Å². The van der Waals surface area contributed by atoms with E-state index in [1.54, 1.807) is 19.2 Å². The van der Waals surface area contributed by atoms with Crippen molar-refractivity contribution in [3.8, 4) is 0 Å². The van der Waals surface area contributed by atoms with Crippen LogP contribution in [0.4, 0.5) is 4.39 Å². The van der Waals surface area contributed by atoms with Gasteiger partial charge < -0.3 is 16.0 Å². The molecule has 28 heavy (non-hydrogen) atoms. The Hall–Kier alpha value is -2.15. The molecule has 0 bridgehead atoms. The van der Waals surface area contributed by atoms with E-state index in [0.717, 1.165) is 19.0 Å². The monoisotopic (exact) mass is 391 g/mol. The lowest BCUT2D eigenvalue weighted by atomic mass is 10.0. The summed E-state index contributed by atoms with van der Waals surface area (Å²) in [5.74, 6) is 0.298. The quantitative estimate of drug-likeness (QED) is 0.342. The Bertz CT molecular complexity index is 637. The van der Waals surface area contributed by atoms with E-state index in [1.807, 2.05) is 0 Å². The van der Waals surface area contributed by atoms with Crippen molar-refractivity contribution in [3.05, 3.63) is 35.6 Å². The molecule has 2 rings (SSSR count). The second kappa shape index (κ2) is 12.3. The van der Waals surface area contributed by atoms with Gasteiger partial charge in [0, 0.05) is 39.3 Å². The van der Waals surface area contributed by atoms with Gasteiger partial charge in [-0.25, -0.2) is 4.39 Å². The Kier molecular flexibility index (Phi) is 9.76. The summed E-state index contributed by atoms with van der Waals surface area (Å²) in [7, 11) is 1.74. The fourth-order valence-electron chi connectivity index (χ4n) is 3.63. The van der Waals surface area contributed by atoms with Gasteiger partial charge in [-0.2, -0.15) is 0 Å². The summed E-state index contributed by atoms with van der Waals surface area (Å²) in [4.78, 5) is 18.7. The largest absolute Gasteiger partial charge is 0.355 e. The molecule has 1 aromatic carbocycles. The first-order valence-corrected chi connectivity index (χ1v) is 10.3. The first-order valence-electron chi connectivity index (χ1n) is 10.3. The number of rotatable bonds is 9. The molecule has 0 spiro atoms. The number of halogens is 1. The molecule has 0 saturated carbocycles. The van der Waals surface area contributed by atoms with Crippen LogP contribution in [-0.4, -0.2) is 62.6 Å². The minimum Gasteiger partial charge on any atom is -0.355 e. The highest BCUT2D eigenvalue weighted by Crippen LogP contribution is 2.18. The van der Waals surface area contributed by atoms with Gasteiger partial charge >= 0.3 is 0 Å². The summed E-state index contributed by atoms with van der Waals surface area (Å²) in [6, 6.07) is 6.82. The van der Waals surface area contributed by atoms with Gasteiger partial charge in [0.25, 0.3) is 0 Å². The van der Waals surface area contributed by atoms with Crippen LogP contribution in [0.2, 0.25) is 0 Å². The number of carbonyl (C=O) groups is 1. The molecule has 1 saturated heterocycles. The van der Waals surface area contributed by atoms with Crippen molar-refractivity contribution in [1.29, 1.82) is 0 Å². The fraction of sp³-hybridized carbons (Fsp3) is 0.619. The van der Waals surface area contributed by atoms with Crippen LogP contribution in [-0.2, 0) is 11.2 Å². The molecule has 0 aliphatic carbocycles. The Labute approximate surface area is 168 Å². The van der Waals surface area contributed by atoms with E-state index in [0.29, 0.717) is 24.7 Å². The standard InChI is InChI=1S/C21H34FN5O/c1-3-19-9-4-5-13-27(19)14-12-26-21(23-2)25-11-10-24-20(28)16-17-7-6-8-18(22)15-17/h6-8,15,19H,3-5,9-14,16H2,1-2H3,(H,24,28)(H2,23,25,26). The molecule has 1 aliphatic heterocycles. The van der Waals surface area contributed by atoms with Crippen molar-refractivity contribution in [2.24, 2.45) is 4.99 Å². The second-order valence-electron chi connectivity index (χ2n) is 7.18. The number of nitrogens with zero attached hydrogens (tertiary/aromatic N) is 2. The van der Waals surface area contributed by atoms with Crippen molar-refractivity contribution < 1.29 is 9.18 Å². The minimum absolute atomic E-state index is 0.119. The number of nitrogens with one attached hydrogen (secondary N) is 3. The van der Waals surface area contributed by atoms with Crippen LogP contribution in [0.25, 0.3) is 0 Å². The van der Waals surface area contributed by atoms with Gasteiger partial charge in [0.2, 0.25) is 5.91 Å². The molecule has 156 valence electrons. The van der Waals surface area contributed by atoms with Crippen molar-refractivity contribution in [2.75, 3.05) is 39.8 Å². The van der Waals surface area contributed by atoms with Crippen molar-refractivity contribution in [3.63, 3.8) is 0 Å². The van der Waals surface area contributed by atoms with Gasteiger partial charge in [0.1, 0.15) is 5.82 Å². The Balaban J connectivity index is 1.59. The summed E-state index contributed by atoms with van der Waals surface area (Å²) in [6.07, 6.45) is 5.33. The summed E-state index contributed by atoms with van der Waals surface area (Å²) in [6.45, 7) is 6.38. The molecule has 7 heteroatoms. The number of piperidine rings is 1. The highest BCUT2D eigenvalue weighted by atomic mass is 19.1. The van der Waals surface area contributed by atoms with Crippen molar-refractivity contribution >= 4 is 11.9 Å². The number of carbonyl (C=O) groups excluding carboxylic acids is 1. The highest BCUT2D eigenvalue weighted by Gasteiger charge is 2.19. The summed E-state index contributed by atoms with van der Waals surface area (Å²) in [5, 5.41) is 9.38. The molecule has 3 N–H and O–H groups in total. The first-order chi connectivity index (χ1) is 13.6. The average Bonchev–Trinajstić information content (AvgIpc) is 2.70. The SMILES string of the molecule is CCC1CCCCN1CCNC(=NC)NCCNC(=O)Cc1cccc(F)c1. The maximum Gasteiger partial charge on any atom is 0.224 e. The number of guanidine groups is 1. The van der Waals surface area contributed by atoms with E-state index in [-0.39, 0.29) is 18.1 Å². The predicted octanol–water partition coefficient (Wildman–Crippen LogP) is 1.91. The third-order valence-corrected chi connectivity index (χ3v) is 5.13. The molecular formula is C21H34FN5O. The second-order valence-corrected chi connectivity index (χ2v) is 7.18. The summed E-state index contributed by atoms with van der Waals surface area (Å²) < 4.78 is 13.1. The Morgan fingerprint density at radius 2 is 2.00 bits per heavy atom. The molecule has 1 unspecified atom stereocenters. The van der Waals surface area contributed by atoms with E-state index in [1.165, 1.54) is 44.4 Å². The average molecular weight is 392 g/mol. The molecule has 1 aromatic rings. The zero-order valence-electron chi connectivity index (χ0n) is 17.1. The fourth-order valence-corrected chi connectivity index (χ4v) is 3.63. The number of hydrogen-bond donors (Lipinski definition) is 3. The molecule has 0 radical (unpaired) electrons. The number of hydrogen-bond acceptors (Lipinski definition) is 3. The third kappa shape index (κ3) is 7.84. The van der Waals surface area contributed by atoms with Crippen LogP contribution < -0.4 is 16.0 Å². The Morgan fingerprint density at radius 1 is 1.21 bits per heavy atom. The molecule has 6 nitrogen and oxygen atoms in total. The van der Waals surface area contributed by atoms with E-state index in [2.05, 4.69) is 32.8 Å². The zero-order chi connectivity index (χ0) is 20.2. The predicted molar refractivity (Wildman–Crippen MR) is 112 cm³/mol. The van der Waals surface area contributed by atoms with E-state index in [9.17, 15) is 9.18 Å². The number of aliphatic imine (C=N–C) groups is 1. The molecule has 1 fully saturated rings. The first kappa shape index (κ1) is 22.1. The normalized spacial score (nSPS) is 18.0.